The molecule has 0 fully saturated rings. The van der Waals surface area contributed by atoms with Gasteiger partial charge in [-0.25, -0.2) is 4.79 Å². The molecule has 1 rings (SSSR count). The summed E-state index contributed by atoms with van der Waals surface area (Å²) in [7, 11) is 1.40. The van der Waals surface area contributed by atoms with Crippen LogP contribution in [0.15, 0.2) is 48.5 Å². The van der Waals surface area contributed by atoms with Crippen LogP contribution in [-0.2, 0) is 9.53 Å². The van der Waals surface area contributed by atoms with Crippen molar-refractivity contribution < 1.29 is 24.9 Å². The summed E-state index contributed by atoms with van der Waals surface area (Å²) in [5, 5.41) is 28.2. The number of aliphatic hydroxyl groups is 2. The number of allylic oxidation sites excluding steroid dienone is 2. The molecular weight excluding hydrogens is 236 g/mol. The van der Waals surface area contributed by atoms with Gasteiger partial charge in [-0.05, 0) is 6.08 Å². The van der Waals surface area contributed by atoms with Crippen molar-refractivity contribution in [1.29, 1.82) is 0 Å². The predicted molar refractivity (Wildman–Crippen MR) is 65.8 cm³/mol. The Morgan fingerprint density at radius 2 is 2.33 bits per heavy atom. The molecular formula is C13H16O5. The molecule has 0 spiro atoms. The highest BCUT2D eigenvalue weighted by molar-refractivity contribution is 5.80. The fraction of sp³-hybridized carbons (Fsp3) is 0.308. The lowest BCUT2D eigenvalue weighted by molar-refractivity contribution is -0.131. The summed E-state index contributed by atoms with van der Waals surface area (Å²) in [6, 6.07) is 0. The number of carboxylic acids is 1. The highest BCUT2D eigenvalue weighted by Crippen LogP contribution is 2.39. The quantitative estimate of drug-likeness (QED) is 0.510. The highest BCUT2D eigenvalue weighted by Gasteiger charge is 2.36. The monoisotopic (exact) mass is 252 g/mol. The van der Waals surface area contributed by atoms with Gasteiger partial charge < -0.3 is 20.1 Å². The fourth-order valence-corrected chi connectivity index (χ4v) is 1.79. The van der Waals surface area contributed by atoms with Gasteiger partial charge in [0.05, 0.1) is 13.2 Å². The number of aliphatic hydroxyl groups excluding tert-OH is 2. The van der Waals surface area contributed by atoms with Crippen LogP contribution in [0.3, 0.4) is 0 Å². The smallest absolute Gasteiger partial charge is 0.328 e. The van der Waals surface area contributed by atoms with Crippen LogP contribution in [0, 0.1) is 5.41 Å². The largest absolute Gasteiger partial charge is 0.504 e. The molecule has 1 aliphatic rings. The van der Waals surface area contributed by atoms with Gasteiger partial charge in [0.25, 0.3) is 0 Å². The zero-order chi connectivity index (χ0) is 13.8. The van der Waals surface area contributed by atoms with Crippen LogP contribution in [0.1, 0.15) is 6.42 Å². The first-order valence-corrected chi connectivity index (χ1v) is 5.33. The maximum atomic E-state index is 10.6. The van der Waals surface area contributed by atoms with Gasteiger partial charge in [0, 0.05) is 17.9 Å². The summed E-state index contributed by atoms with van der Waals surface area (Å²) >= 11 is 0. The molecule has 0 aromatic carbocycles. The summed E-state index contributed by atoms with van der Waals surface area (Å²) in [5.74, 6) is -0.863. The standard InChI is InChI=1S/C13H16O5/c1-3-11(15)13(7-5-12(16)17)6-4-9(14)10(8-13)18-2/h3-7,11,14-15H,1,8H2,2H3,(H,16,17). The molecule has 0 amide bonds. The van der Waals surface area contributed by atoms with Crippen LogP contribution in [-0.4, -0.2) is 34.5 Å². The Bertz CT molecular complexity index is 433. The number of hydrogen-bond acceptors (Lipinski definition) is 4. The zero-order valence-electron chi connectivity index (χ0n) is 10.0. The molecule has 98 valence electrons. The van der Waals surface area contributed by atoms with Crippen LogP contribution in [0.5, 0.6) is 0 Å². The molecule has 0 heterocycles. The molecule has 1 aliphatic carbocycles. The maximum absolute atomic E-state index is 10.6. The van der Waals surface area contributed by atoms with Gasteiger partial charge in [0.2, 0.25) is 0 Å². The average molecular weight is 252 g/mol. The minimum Gasteiger partial charge on any atom is -0.504 e. The van der Waals surface area contributed by atoms with Crippen LogP contribution in [0.25, 0.3) is 0 Å². The Morgan fingerprint density at radius 1 is 1.67 bits per heavy atom. The maximum Gasteiger partial charge on any atom is 0.328 e. The van der Waals surface area contributed by atoms with Gasteiger partial charge in [-0.15, -0.1) is 6.58 Å². The molecule has 2 unspecified atom stereocenters. The SMILES string of the molecule is C=CC(O)C1(C=CC(=O)O)C=CC(O)=C(OC)C1. The molecule has 0 aliphatic heterocycles. The first kappa shape index (κ1) is 14.1. The number of carbonyl (C=O) groups is 1. The molecule has 0 saturated carbocycles. The number of carboxylic acid groups (broad SMARTS) is 1. The van der Waals surface area contributed by atoms with Crippen LogP contribution < -0.4 is 0 Å². The molecule has 5 heteroatoms. The molecule has 0 bridgehead atoms. The van der Waals surface area contributed by atoms with E-state index in [9.17, 15) is 15.0 Å². The van der Waals surface area contributed by atoms with E-state index in [1.54, 1.807) is 0 Å². The summed E-state index contributed by atoms with van der Waals surface area (Å²) < 4.78 is 5.01. The second kappa shape index (κ2) is 5.55. The molecule has 3 N–H and O–H groups in total. The van der Waals surface area contributed by atoms with Crippen molar-refractivity contribution >= 4 is 5.97 Å². The molecule has 5 nitrogen and oxygen atoms in total. The molecule has 2 atom stereocenters. The van der Waals surface area contributed by atoms with E-state index in [0.717, 1.165) is 6.08 Å². The second-order valence-corrected chi connectivity index (χ2v) is 3.99. The minimum absolute atomic E-state index is 0.0342. The van der Waals surface area contributed by atoms with Crippen LogP contribution in [0.2, 0.25) is 0 Å². The lowest BCUT2D eigenvalue weighted by Gasteiger charge is -2.33. The number of rotatable bonds is 5. The van der Waals surface area contributed by atoms with Crippen molar-refractivity contribution in [3.8, 4) is 0 Å². The molecule has 0 aromatic heterocycles. The van der Waals surface area contributed by atoms with E-state index in [4.69, 9.17) is 9.84 Å². The van der Waals surface area contributed by atoms with Crippen LogP contribution >= 0.6 is 0 Å². The lowest BCUT2D eigenvalue weighted by Crippen LogP contribution is -2.33. The summed E-state index contributed by atoms with van der Waals surface area (Å²) in [5.41, 5.74) is -0.974. The number of ether oxygens (including phenoxy) is 1. The van der Waals surface area contributed by atoms with E-state index < -0.39 is 17.5 Å². The van der Waals surface area contributed by atoms with Gasteiger partial charge >= 0.3 is 5.97 Å². The van der Waals surface area contributed by atoms with E-state index in [2.05, 4.69) is 6.58 Å². The van der Waals surface area contributed by atoms with E-state index in [0.29, 0.717) is 0 Å². The zero-order valence-corrected chi connectivity index (χ0v) is 10.0. The Labute approximate surface area is 105 Å². The van der Waals surface area contributed by atoms with E-state index in [1.165, 1.54) is 31.4 Å². The summed E-state index contributed by atoms with van der Waals surface area (Å²) in [4.78, 5) is 10.6. The fourth-order valence-electron chi connectivity index (χ4n) is 1.79. The number of methoxy groups -OCH3 is 1. The Balaban J connectivity index is 3.14. The Morgan fingerprint density at radius 3 is 2.83 bits per heavy atom. The second-order valence-electron chi connectivity index (χ2n) is 3.99. The van der Waals surface area contributed by atoms with E-state index in [-0.39, 0.29) is 17.9 Å². The molecule has 18 heavy (non-hydrogen) atoms. The molecule has 0 aromatic rings. The van der Waals surface area contributed by atoms with Crippen molar-refractivity contribution in [3.05, 3.63) is 48.5 Å². The van der Waals surface area contributed by atoms with Crippen LogP contribution in [0.4, 0.5) is 0 Å². The third kappa shape index (κ3) is 2.81. The lowest BCUT2D eigenvalue weighted by atomic mass is 9.75. The van der Waals surface area contributed by atoms with Crippen molar-refractivity contribution in [1.82, 2.24) is 0 Å². The number of hydrogen-bond donors (Lipinski definition) is 3. The average Bonchev–Trinajstić information content (AvgIpc) is 2.37. The van der Waals surface area contributed by atoms with Crippen molar-refractivity contribution in [2.45, 2.75) is 12.5 Å². The summed E-state index contributed by atoms with van der Waals surface area (Å²) in [6.45, 7) is 3.49. The highest BCUT2D eigenvalue weighted by atomic mass is 16.5. The Hall–Kier alpha value is -2.01. The third-order valence-electron chi connectivity index (χ3n) is 2.86. The van der Waals surface area contributed by atoms with Crippen molar-refractivity contribution in [3.63, 3.8) is 0 Å². The topological polar surface area (TPSA) is 87.0 Å². The van der Waals surface area contributed by atoms with Gasteiger partial charge in [0.15, 0.2) is 5.76 Å². The Kier molecular flexibility index (Phi) is 4.33. The minimum atomic E-state index is -1.11. The van der Waals surface area contributed by atoms with Gasteiger partial charge in [0.1, 0.15) is 5.76 Å². The van der Waals surface area contributed by atoms with Gasteiger partial charge in [-0.2, -0.15) is 0 Å². The molecule has 0 saturated heterocycles. The van der Waals surface area contributed by atoms with Crippen molar-refractivity contribution in [2.75, 3.05) is 7.11 Å². The molecule has 0 radical (unpaired) electrons. The van der Waals surface area contributed by atoms with Crippen molar-refractivity contribution in [2.24, 2.45) is 5.41 Å². The van der Waals surface area contributed by atoms with Gasteiger partial charge in [-0.1, -0.05) is 18.2 Å². The first-order valence-electron chi connectivity index (χ1n) is 5.33. The van der Waals surface area contributed by atoms with E-state index in [1.807, 2.05) is 0 Å². The predicted octanol–water partition coefficient (Wildman–Crippen LogP) is 1.54. The number of aliphatic carboxylic acids is 1. The summed E-state index contributed by atoms with van der Waals surface area (Å²) in [6.07, 6.45) is 5.71. The first-order chi connectivity index (χ1) is 8.45. The van der Waals surface area contributed by atoms with Gasteiger partial charge in [-0.3, -0.25) is 0 Å². The third-order valence-corrected chi connectivity index (χ3v) is 2.86. The normalized spacial score (nSPS) is 25.2. The van der Waals surface area contributed by atoms with E-state index >= 15 is 0 Å².